The van der Waals surface area contributed by atoms with E-state index < -0.39 is 5.97 Å². The molecule has 1 amide bonds. The van der Waals surface area contributed by atoms with Crippen LogP contribution in [-0.2, 0) is 11.2 Å². The van der Waals surface area contributed by atoms with Gasteiger partial charge in [-0.3, -0.25) is 4.79 Å². The number of aryl methyl sites for hydroxylation is 1. The second kappa shape index (κ2) is 7.09. The van der Waals surface area contributed by atoms with E-state index in [0.29, 0.717) is 5.56 Å². The summed E-state index contributed by atoms with van der Waals surface area (Å²) in [5.74, 6) is -0.993. The van der Waals surface area contributed by atoms with Gasteiger partial charge in [-0.25, -0.2) is 4.79 Å². The predicted molar refractivity (Wildman–Crippen MR) is 96.7 cm³/mol. The smallest absolute Gasteiger partial charge is 0.335 e. The van der Waals surface area contributed by atoms with Crippen molar-refractivity contribution in [1.29, 1.82) is 0 Å². The molecule has 1 fully saturated rings. The molecule has 0 aromatic heterocycles. The van der Waals surface area contributed by atoms with E-state index in [0.717, 1.165) is 19.4 Å². The first-order chi connectivity index (χ1) is 12.0. The van der Waals surface area contributed by atoms with E-state index in [4.69, 9.17) is 0 Å². The normalized spacial score (nSPS) is 16.9. The maximum absolute atomic E-state index is 12.9. The van der Waals surface area contributed by atoms with E-state index in [9.17, 15) is 14.7 Å². The number of hydrogen-bond acceptors (Lipinski definition) is 2. The molecule has 0 aliphatic carbocycles. The van der Waals surface area contributed by atoms with Crippen LogP contribution in [-0.4, -0.2) is 28.4 Å². The van der Waals surface area contributed by atoms with E-state index in [1.54, 1.807) is 24.3 Å². The lowest BCUT2D eigenvalue weighted by molar-refractivity contribution is -0.131. The van der Waals surface area contributed by atoms with Gasteiger partial charge in [0.2, 0.25) is 5.91 Å². The highest BCUT2D eigenvalue weighted by Gasteiger charge is 2.31. The Morgan fingerprint density at radius 2 is 1.88 bits per heavy atom. The fourth-order valence-corrected chi connectivity index (χ4v) is 3.67. The molecule has 1 N–H and O–H groups in total. The third-order valence-corrected chi connectivity index (χ3v) is 5.17. The molecule has 130 valence electrons. The van der Waals surface area contributed by atoms with E-state index >= 15 is 0 Å². The van der Waals surface area contributed by atoms with Crippen molar-refractivity contribution in [3.05, 3.63) is 70.3 Å². The average molecular weight is 337 g/mol. The fourth-order valence-electron chi connectivity index (χ4n) is 3.67. The highest BCUT2D eigenvalue weighted by molar-refractivity contribution is 5.91. The Bertz CT molecular complexity index is 813. The van der Waals surface area contributed by atoms with Gasteiger partial charge in [0.15, 0.2) is 0 Å². The molecule has 1 saturated heterocycles. The zero-order chi connectivity index (χ0) is 18.0. The number of benzene rings is 2. The van der Waals surface area contributed by atoms with Crippen LogP contribution in [0.3, 0.4) is 0 Å². The van der Waals surface area contributed by atoms with Gasteiger partial charge < -0.3 is 10.0 Å². The van der Waals surface area contributed by atoms with E-state index in [1.165, 1.54) is 16.7 Å². The van der Waals surface area contributed by atoms with Crippen LogP contribution in [0.15, 0.2) is 42.5 Å². The minimum Gasteiger partial charge on any atom is -0.478 e. The van der Waals surface area contributed by atoms with Crippen molar-refractivity contribution in [2.24, 2.45) is 0 Å². The first-order valence-electron chi connectivity index (χ1n) is 8.66. The van der Waals surface area contributed by atoms with Gasteiger partial charge in [0.1, 0.15) is 0 Å². The molecule has 0 saturated carbocycles. The second-order valence-electron chi connectivity index (χ2n) is 6.67. The van der Waals surface area contributed by atoms with Gasteiger partial charge in [-0.15, -0.1) is 0 Å². The van der Waals surface area contributed by atoms with Crippen LogP contribution in [0.4, 0.5) is 0 Å². The van der Waals surface area contributed by atoms with Gasteiger partial charge >= 0.3 is 5.97 Å². The molecule has 4 heteroatoms. The number of carboxylic acid groups (broad SMARTS) is 1. The summed E-state index contributed by atoms with van der Waals surface area (Å²) >= 11 is 0. The summed E-state index contributed by atoms with van der Waals surface area (Å²) in [4.78, 5) is 26.2. The first-order valence-corrected chi connectivity index (χ1v) is 8.66. The largest absolute Gasteiger partial charge is 0.478 e. The summed E-state index contributed by atoms with van der Waals surface area (Å²) in [5.41, 5.74) is 4.45. The zero-order valence-electron chi connectivity index (χ0n) is 14.7. The molecule has 1 heterocycles. The van der Waals surface area contributed by atoms with Crippen LogP contribution in [0.1, 0.15) is 51.5 Å². The van der Waals surface area contributed by atoms with Gasteiger partial charge in [0.25, 0.3) is 0 Å². The molecular weight excluding hydrogens is 314 g/mol. The minimum absolute atomic E-state index is 0.00268. The number of nitrogens with zero attached hydrogens (tertiary/aromatic N) is 1. The third kappa shape index (κ3) is 3.43. The topological polar surface area (TPSA) is 57.6 Å². The van der Waals surface area contributed by atoms with Crippen LogP contribution in [0, 0.1) is 13.8 Å². The minimum atomic E-state index is -0.990. The Morgan fingerprint density at radius 3 is 2.64 bits per heavy atom. The Kier molecular flexibility index (Phi) is 4.88. The summed E-state index contributed by atoms with van der Waals surface area (Å²) in [6.45, 7) is 4.92. The summed E-state index contributed by atoms with van der Waals surface area (Å²) in [7, 11) is 0. The van der Waals surface area contributed by atoms with Crippen molar-refractivity contribution in [2.75, 3.05) is 6.54 Å². The maximum atomic E-state index is 12.9. The number of carbonyl (C=O) groups is 2. The van der Waals surface area contributed by atoms with Crippen LogP contribution in [0.5, 0.6) is 0 Å². The molecule has 2 aromatic rings. The van der Waals surface area contributed by atoms with Crippen molar-refractivity contribution in [3.63, 3.8) is 0 Å². The summed E-state index contributed by atoms with van der Waals surface area (Å²) in [6.07, 6.45) is 2.06. The number of hydrogen-bond donors (Lipinski definition) is 1. The molecule has 2 aromatic carbocycles. The zero-order valence-corrected chi connectivity index (χ0v) is 14.7. The molecule has 1 aliphatic heterocycles. The molecule has 0 bridgehead atoms. The van der Waals surface area contributed by atoms with Crippen molar-refractivity contribution < 1.29 is 14.7 Å². The van der Waals surface area contributed by atoms with Crippen molar-refractivity contribution in [3.8, 4) is 0 Å². The number of amides is 1. The highest BCUT2D eigenvalue weighted by Crippen LogP contribution is 2.35. The lowest BCUT2D eigenvalue weighted by Crippen LogP contribution is -2.32. The molecule has 25 heavy (non-hydrogen) atoms. The second-order valence-corrected chi connectivity index (χ2v) is 6.67. The lowest BCUT2D eigenvalue weighted by atomic mass is 9.95. The Balaban J connectivity index is 1.85. The van der Waals surface area contributed by atoms with Gasteiger partial charge in [0.05, 0.1) is 18.0 Å². The van der Waals surface area contributed by atoms with E-state index in [1.807, 2.05) is 11.0 Å². The molecule has 4 nitrogen and oxygen atoms in total. The number of likely N-dealkylation sites (tertiary alicyclic amines) is 1. The summed E-state index contributed by atoms with van der Waals surface area (Å²) in [5, 5.41) is 9.32. The third-order valence-electron chi connectivity index (χ3n) is 5.17. The van der Waals surface area contributed by atoms with E-state index in [-0.39, 0.29) is 23.9 Å². The Morgan fingerprint density at radius 1 is 1.12 bits per heavy atom. The highest BCUT2D eigenvalue weighted by atomic mass is 16.4. The Hall–Kier alpha value is -2.62. The summed E-state index contributed by atoms with van der Waals surface area (Å²) < 4.78 is 0. The predicted octanol–water partition coefficient (Wildman–Crippen LogP) is 3.91. The standard InChI is InChI=1S/C21H23NO3/c1-14-7-5-10-17(15(14)2)19-11-6-12-22(19)20(23)13-16-8-3-4-9-18(16)21(24)25/h3-5,7-10,19H,6,11-13H2,1-2H3,(H,24,25). The molecule has 1 unspecified atom stereocenters. The average Bonchev–Trinajstić information content (AvgIpc) is 3.07. The molecule has 1 atom stereocenters. The maximum Gasteiger partial charge on any atom is 0.335 e. The first kappa shape index (κ1) is 17.2. The van der Waals surface area contributed by atoms with Gasteiger partial charge in [0, 0.05) is 6.54 Å². The molecule has 3 rings (SSSR count). The van der Waals surface area contributed by atoms with Crippen LogP contribution in [0.25, 0.3) is 0 Å². The van der Waals surface area contributed by atoms with Gasteiger partial charge in [-0.2, -0.15) is 0 Å². The number of carboxylic acids is 1. The molecule has 0 spiro atoms. The van der Waals surface area contributed by atoms with Crippen molar-refractivity contribution in [1.82, 2.24) is 4.90 Å². The number of carbonyl (C=O) groups excluding carboxylic acids is 1. The summed E-state index contributed by atoms with van der Waals surface area (Å²) in [6, 6.07) is 13.1. The van der Waals surface area contributed by atoms with Crippen LogP contribution >= 0.6 is 0 Å². The fraction of sp³-hybridized carbons (Fsp3) is 0.333. The molecule has 0 radical (unpaired) electrons. The van der Waals surface area contributed by atoms with E-state index in [2.05, 4.69) is 26.0 Å². The molecule has 1 aliphatic rings. The molecular formula is C21H23NO3. The lowest BCUT2D eigenvalue weighted by Gasteiger charge is -2.27. The van der Waals surface area contributed by atoms with Gasteiger partial charge in [-0.05, 0) is 55.0 Å². The number of aromatic carboxylic acids is 1. The SMILES string of the molecule is Cc1cccc(C2CCCN2C(=O)Cc2ccccc2C(=O)O)c1C. The van der Waals surface area contributed by atoms with Crippen LogP contribution in [0.2, 0.25) is 0 Å². The number of rotatable bonds is 4. The van der Waals surface area contributed by atoms with Crippen LogP contribution < -0.4 is 0 Å². The Labute approximate surface area is 148 Å². The monoisotopic (exact) mass is 337 g/mol. The van der Waals surface area contributed by atoms with Crippen molar-refractivity contribution in [2.45, 2.75) is 39.2 Å². The quantitative estimate of drug-likeness (QED) is 0.920. The van der Waals surface area contributed by atoms with Crippen molar-refractivity contribution >= 4 is 11.9 Å². The van der Waals surface area contributed by atoms with Gasteiger partial charge in [-0.1, -0.05) is 36.4 Å².